The molecule has 14 heavy (non-hydrogen) atoms. The number of methoxy groups -OCH3 is 1. The summed E-state index contributed by atoms with van der Waals surface area (Å²) in [5.74, 6) is 1.01. The number of hydrogen-bond donors (Lipinski definition) is 0. The molecule has 1 aromatic carbocycles. The van der Waals surface area contributed by atoms with Crippen LogP contribution in [0.3, 0.4) is 0 Å². The molecule has 3 heteroatoms. The van der Waals surface area contributed by atoms with E-state index >= 15 is 0 Å². The van der Waals surface area contributed by atoms with Crippen LogP contribution >= 0.6 is 0 Å². The Bertz CT molecular complexity index is 391. The number of aryl methyl sites for hydroxylation is 2. The molecular weight excluding hydrogens is 241 g/mol. The average molecular weight is 254 g/mol. The predicted octanol–water partition coefficient (Wildman–Crippen LogP) is 1.72. The topological polar surface area (TPSA) is 12.2 Å². The normalized spacial score (nSPS) is 22.7. The van der Waals surface area contributed by atoms with E-state index in [4.69, 9.17) is 4.74 Å². The standard InChI is InChI=1S/C11H13NOSe/c1-7-5-9(13-2)6-8-3-4-10-12(14-10)11(7)8/h5-6,10H,3-4H2,1-2H3. The van der Waals surface area contributed by atoms with Gasteiger partial charge in [0.15, 0.2) is 0 Å². The van der Waals surface area contributed by atoms with E-state index in [9.17, 15) is 0 Å². The molecule has 1 unspecified atom stereocenters. The summed E-state index contributed by atoms with van der Waals surface area (Å²) in [5.41, 5.74) is 4.36. The van der Waals surface area contributed by atoms with E-state index in [1.54, 1.807) is 7.11 Å². The van der Waals surface area contributed by atoms with Gasteiger partial charge in [-0.2, -0.15) is 0 Å². The summed E-state index contributed by atoms with van der Waals surface area (Å²) in [5, 5.41) is 0. The Kier molecular flexibility index (Phi) is 1.80. The molecule has 0 aromatic heterocycles. The number of ether oxygens (including phenoxy) is 1. The van der Waals surface area contributed by atoms with Crippen LogP contribution in [0.1, 0.15) is 17.5 Å². The summed E-state index contributed by atoms with van der Waals surface area (Å²) in [6.45, 7) is 2.19. The Balaban J connectivity index is 2.12. The summed E-state index contributed by atoms with van der Waals surface area (Å²) >= 11 is 0.741. The molecular formula is C11H13NOSe. The van der Waals surface area contributed by atoms with Crippen LogP contribution in [0.2, 0.25) is 0 Å². The van der Waals surface area contributed by atoms with E-state index in [-0.39, 0.29) is 0 Å². The molecule has 0 spiro atoms. The van der Waals surface area contributed by atoms with Gasteiger partial charge in [0.25, 0.3) is 0 Å². The maximum absolute atomic E-state index is 5.30. The van der Waals surface area contributed by atoms with Gasteiger partial charge in [-0.1, -0.05) is 0 Å². The van der Waals surface area contributed by atoms with Crippen LogP contribution in [0.15, 0.2) is 12.1 Å². The average Bonchev–Trinajstić information content (AvgIpc) is 2.95. The van der Waals surface area contributed by atoms with Crippen LogP contribution in [-0.4, -0.2) is 27.2 Å². The molecule has 0 bridgehead atoms. The first-order valence-electron chi connectivity index (χ1n) is 4.93. The third-order valence-corrected chi connectivity index (χ3v) is 5.31. The van der Waals surface area contributed by atoms with E-state index in [0.717, 1.165) is 25.9 Å². The van der Waals surface area contributed by atoms with Crippen LogP contribution in [-0.2, 0) is 6.42 Å². The Morgan fingerprint density at radius 1 is 1.50 bits per heavy atom. The minimum absolute atomic E-state index is 0.741. The van der Waals surface area contributed by atoms with Gasteiger partial charge in [0.1, 0.15) is 0 Å². The van der Waals surface area contributed by atoms with Crippen molar-refractivity contribution in [3.05, 3.63) is 23.3 Å². The Morgan fingerprint density at radius 2 is 2.36 bits per heavy atom. The van der Waals surface area contributed by atoms with E-state index in [1.807, 2.05) is 0 Å². The molecule has 1 atom stereocenters. The van der Waals surface area contributed by atoms with Crippen LogP contribution in [0, 0.1) is 6.92 Å². The second-order valence-electron chi connectivity index (χ2n) is 3.88. The fraction of sp³-hybridized carbons (Fsp3) is 0.455. The molecule has 0 saturated carbocycles. The number of fused-ring (bicyclic) bond motifs is 3. The number of nitrogens with zero attached hydrogens (tertiary/aromatic N) is 1. The second-order valence-corrected chi connectivity index (χ2v) is 6.29. The molecule has 1 saturated heterocycles. The van der Waals surface area contributed by atoms with E-state index < -0.39 is 0 Å². The molecule has 74 valence electrons. The molecule has 2 heterocycles. The summed E-state index contributed by atoms with van der Waals surface area (Å²) in [4.78, 5) is 0.905. The van der Waals surface area contributed by atoms with Gasteiger partial charge in [0.2, 0.25) is 0 Å². The van der Waals surface area contributed by atoms with Gasteiger partial charge in [0.05, 0.1) is 0 Å². The minimum atomic E-state index is 0.741. The number of hydrogen-bond acceptors (Lipinski definition) is 2. The van der Waals surface area contributed by atoms with Crippen LogP contribution in [0.5, 0.6) is 5.75 Å². The monoisotopic (exact) mass is 255 g/mol. The molecule has 0 aliphatic carbocycles. The molecule has 2 aliphatic rings. The van der Waals surface area contributed by atoms with Crippen LogP contribution in [0.4, 0.5) is 5.69 Å². The van der Waals surface area contributed by atoms with Crippen molar-refractivity contribution in [1.82, 2.24) is 0 Å². The SMILES string of the molecule is COc1cc(C)c2c(c1)CCC1[Se]N21. The van der Waals surface area contributed by atoms with Crippen molar-refractivity contribution < 1.29 is 4.74 Å². The Morgan fingerprint density at radius 3 is 3.14 bits per heavy atom. The van der Waals surface area contributed by atoms with Crippen molar-refractivity contribution in [2.24, 2.45) is 0 Å². The van der Waals surface area contributed by atoms with E-state index in [0.29, 0.717) is 0 Å². The molecule has 0 amide bonds. The molecule has 1 fully saturated rings. The maximum atomic E-state index is 5.30. The van der Waals surface area contributed by atoms with Crippen LogP contribution < -0.4 is 8.65 Å². The summed E-state index contributed by atoms with van der Waals surface area (Å²) in [6, 6.07) is 4.35. The van der Waals surface area contributed by atoms with Gasteiger partial charge < -0.3 is 0 Å². The quantitative estimate of drug-likeness (QED) is 0.558. The van der Waals surface area contributed by atoms with Crippen molar-refractivity contribution in [2.75, 3.05) is 11.0 Å². The molecule has 0 N–H and O–H groups in total. The fourth-order valence-corrected chi connectivity index (χ4v) is 4.31. The third kappa shape index (κ3) is 1.16. The van der Waals surface area contributed by atoms with Crippen molar-refractivity contribution in [3.8, 4) is 5.75 Å². The summed E-state index contributed by atoms with van der Waals surface area (Å²) in [7, 11) is 1.74. The first-order chi connectivity index (χ1) is 6.79. The molecule has 0 radical (unpaired) electrons. The first-order valence-corrected chi connectivity index (χ1v) is 6.68. The van der Waals surface area contributed by atoms with Gasteiger partial charge in [-0.3, -0.25) is 0 Å². The molecule has 2 aliphatic heterocycles. The van der Waals surface area contributed by atoms with Crippen molar-refractivity contribution >= 4 is 20.9 Å². The zero-order valence-corrected chi connectivity index (χ0v) is 10.1. The predicted molar refractivity (Wildman–Crippen MR) is 58.1 cm³/mol. The van der Waals surface area contributed by atoms with Gasteiger partial charge in [-0.05, 0) is 0 Å². The third-order valence-electron chi connectivity index (χ3n) is 2.92. The fourth-order valence-electron chi connectivity index (χ4n) is 2.19. The van der Waals surface area contributed by atoms with E-state index in [2.05, 4.69) is 23.0 Å². The number of anilines is 1. The summed E-state index contributed by atoms with van der Waals surface area (Å²) in [6.07, 6.45) is 2.58. The first kappa shape index (κ1) is 8.63. The number of benzene rings is 1. The van der Waals surface area contributed by atoms with Gasteiger partial charge >= 0.3 is 90.3 Å². The zero-order valence-electron chi connectivity index (χ0n) is 8.41. The van der Waals surface area contributed by atoms with E-state index in [1.165, 1.54) is 29.7 Å². The molecule has 3 rings (SSSR count). The summed E-state index contributed by atoms with van der Waals surface area (Å²) < 4.78 is 7.87. The van der Waals surface area contributed by atoms with Gasteiger partial charge in [0, 0.05) is 0 Å². The Hall–Kier alpha value is -0.661. The second kappa shape index (κ2) is 2.91. The van der Waals surface area contributed by atoms with Gasteiger partial charge in [-0.15, -0.1) is 0 Å². The Labute approximate surface area is 90.6 Å². The van der Waals surface area contributed by atoms with Crippen molar-refractivity contribution in [1.29, 1.82) is 0 Å². The number of rotatable bonds is 1. The van der Waals surface area contributed by atoms with Crippen molar-refractivity contribution in [3.63, 3.8) is 0 Å². The van der Waals surface area contributed by atoms with Crippen LogP contribution in [0.25, 0.3) is 0 Å². The zero-order chi connectivity index (χ0) is 9.71. The molecule has 1 aromatic rings. The van der Waals surface area contributed by atoms with Gasteiger partial charge in [-0.25, -0.2) is 0 Å². The molecule has 2 nitrogen and oxygen atoms in total. The van der Waals surface area contributed by atoms with Crippen molar-refractivity contribution in [2.45, 2.75) is 24.7 Å².